The highest BCUT2D eigenvalue weighted by Gasteiger charge is 2.37. The Labute approximate surface area is 121 Å². The summed E-state index contributed by atoms with van der Waals surface area (Å²) in [7, 11) is 0. The van der Waals surface area contributed by atoms with E-state index in [9.17, 15) is 4.79 Å². The van der Waals surface area contributed by atoms with E-state index >= 15 is 0 Å². The van der Waals surface area contributed by atoms with E-state index in [0.29, 0.717) is 6.54 Å². The van der Waals surface area contributed by atoms with Crippen molar-refractivity contribution in [1.82, 2.24) is 0 Å². The van der Waals surface area contributed by atoms with Crippen LogP contribution in [0, 0.1) is 5.41 Å². The van der Waals surface area contributed by atoms with E-state index in [1.165, 1.54) is 18.4 Å². The Bertz CT molecular complexity index is 448. The number of carbonyl (C=O) groups excluding carboxylic acids is 1. The lowest BCUT2D eigenvalue weighted by Crippen LogP contribution is -2.42. The van der Waals surface area contributed by atoms with Crippen LogP contribution in [-0.2, 0) is 11.2 Å². The van der Waals surface area contributed by atoms with Crippen LogP contribution in [0.1, 0.15) is 51.0 Å². The average Bonchev–Trinajstić information content (AvgIpc) is 2.74. The quantitative estimate of drug-likeness (QED) is 0.826. The first-order valence-corrected chi connectivity index (χ1v) is 7.81. The van der Waals surface area contributed by atoms with Gasteiger partial charge in [-0.25, -0.2) is 0 Å². The fourth-order valence-electron chi connectivity index (χ4n) is 3.06. The molecule has 1 aromatic carbocycles. The molecule has 0 aromatic heterocycles. The van der Waals surface area contributed by atoms with Crippen molar-refractivity contribution in [2.75, 3.05) is 11.9 Å². The van der Waals surface area contributed by atoms with Gasteiger partial charge in [-0.1, -0.05) is 44.7 Å². The second-order valence-electron chi connectivity index (χ2n) is 5.91. The van der Waals surface area contributed by atoms with Gasteiger partial charge in [0.2, 0.25) is 5.91 Å². The lowest BCUT2D eigenvalue weighted by Gasteiger charge is -2.29. The number of nitrogens with one attached hydrogen (secondary N) is 1. The SMILES string of the molecule is CCc1cccc(NC(=O)C2(CN)CCCCCC2)c1. The molecule has 0 bridgehead atoms. The number of rotatable bonds is 4. The Balaban J connectivity index is 2.11. The number of hydrogen-bond acceptors (Lipinski definition) is 2. The van der Waals surface area contributed by atoms with Gasteiger partial charge in [-0.3, -0.25) is 4.79 Å². The monoisotopic (exact) mass is 274 g/mol. The predicted octanol–water partition coefficient (Wildman–Crippen LogP) is 3.49. The molecule has 1 fully saturated rings. The van der Waals surface area contributed by atoms with Gasteiger partial charge in [0.1, 0.15) is 0 Å². The van der Waals surface area contributed by atoms with Gasteiger partial charge in [-0.2, -0.15) is 0 Å². The van der Waals surface area contributed by atoms with Gasteiger partial charge < -0.3 is 11.1 Å². The maximum atomic E-state index is 12.7. The van der Waals surface area contributed by atoms with Gasteiger partial charge in [-0.05, 0) is 37.0 Å². The molecular formula is C17H26N2O. The third-order valence-corrected chi connectivity index (χ3v) is 4.53. The van der Waals surface area contributed by atoms with Gasteiger partial charge in [-0.15, -0.1) is 0 Å². The molecule has 1 saturated carbocycles. The van der Waals surface area contributed by atoms with E-state index in [4.69, 9.17) is 5.73 Å². The van der Waals surface area contributed by atoms with Crippen LogP contribution in [0.15, 0.2) is 24.3 Å². The highest BCUT2D eigenvalue weighted by Crippen LogP contribution is 2.35. The number of aryl methyl sites for hydroxylation is 1. The lowest BCUT2D eigenvalue weighted by molar-refractivity contribution is -0.125. The first kappa shape index (κ1) is 15.0. The van der Waals surface area contributed by atoms with Crippen LogP contribution in [0.4, 0.5) is 5.69 Å². The second kappa shape index (κ2) is 6.89. The molecule has 1 aliphatic carbocycles. The molecule has 3 nitrogen and oxygen atoms in total. The summed E-state index contributed by atoms with van der Waals surface area (Å²) in [6, 6.07) is 8.09. The third-order valence-electron chi connectivity index (χ3n) is 4.53. The first-order valence-electron chi connectivity index (χ1n) is 7.81. The van der Waals surface area contributed by atoms with Crippen molar-refractivity contribution < 1.29 is 4.79 Å². The molecule has 1 aromatic rings. The summed E-state index contributed by atoms with van der Waals surface area (Å²) >= 11 is 0. The third kappa shape index (κ3) is 3.40. The summed E-state index contributed by atoms with van der Waals surface area (Å²) in [6.07, 6.45) is 7.48. The Morgan fingerprint density at radius 2 is 1.95 bits per heavy atom. The number of benzene rings is 1. The molecule has 3 heteroatoms. The number of nitrogens with two attached hydrogens (primary N) is 1. The Kier molecular flexibility index (Phi) is 5.18. The van der Waals surface area contributed by atoms with E-state index in [1.54, 1.807) is 0 Å². The Hall–Kier alpha value is -1.35. The summed E-state index contributed by atoms with van der Waals surface area (Å²) in [4.78, 5) is 12.7. The molecule has 3 N–H and O–H groups in total. The summed E-state index contributed by atoms with van der Waals surface area (Å²) in [6.45, 7) is 2.57. The molecule has 0 heterocycles. The topological polar surface area (TPSA) is 55.1 Å². The van der Waals surface area contributed by atoms with Crippen LogP contribution in [0.5, 0.6) is 0 Å². The minimum atomic E-state index is -0.362. The van der Waals surface area contributed by atoms with Crippen LogP contribution in [0.2, 0.25) is 0 Å². The maximum absolute atomic E-state index is 12.7. The van der Waals surface area contributed by atoms with Gasteiger partial charge in [0.05, 0.1) is 5.41 Å². The standard InChI is InChI=1S/C17H26N2O/c1-2-14-8-7-9-15(12-14)19-16(20)17(13-18)10-5-3-4-6-11-17/h7-9,12H,2-6,10-11,13,18H2,1H3,(H,19,20). The van der Waals surface area contributed by atoms with Crippen LogP contribution in [0.3, 0.4) is 0 Å². The van der Waals surface area contributed by atoms with Crippen molar-refractivity contribution in [3.8, 4) is 0 Å². The number of carbonyl (C=O) groups is 1. The zero-order valence-corrected chi connectivity index (χ0v) is 12.5. The van der Waals surface area contributed by atoms with E-state index in [-0.39, 0.29) is 11.3 Å². The summed E-state index contributed by atoms with van der Waals surface area (Å²) in [5, 5.41) is 3.09. The predicted molar refractivity (Wildman–Crippen MR) is 83.6 cm³/mol. The molecule has 110 valence electrons. The maximum Gasteiger partial charge on any atom is 0.231 e. The highest BCUT2D eigenvalue weighted by molar-refractivity contribution is 5.95. The Morgan fingerprint density at radius 3 is 2.55 bits per heavy atom. The van der Waals surface area contributed by atoms with E-state index in [0.717, 1.165) is 37.8 Å². The molecule has 20 heavy (non-hydrogen) atoms. The molecule has 0 saturated heterocycles. The van der Waals surface area contributed by atoms with Crippen molar-refractivity contribution >= 4 is 11.6 Å². The van der Waals surface area contributed by atoms with E-state index < -0.39 is 0 Å². The minimum absolute atomic E-state index is 0.107. The Morgan fingerprint density at radius 1 is 1.25 bits per heavy atom. The van der Waals surface area contributed by atoms with Gasteiger partial charge in [0, 0.05) is 12.2 Å². The lowest BCUT2D eigenvalue weighted by atomic mass is 9.79. The molecule has 0 radical (unpaired) electrons. The molecule has 0 unspecified atom stereocenters. The first-order chi connectivity index (χ1) is 9.70. The molecule has 1 amide bonds. The fraction of sp³-hybridized carbons (Fsp3) is 0.588. The number of amides is 1. The average molecular weight is 274 g/mol. The highest BCUT2D eigenvalue weighted by atomic mass is 16.2. The summed E-state index contributed by atoms with van der Waals surface area (Å²) in [5.74, 6) is 0.107. The van der Waals surface area contributed by atoms with Crippen molar-refractivity contribution in [3.05, 3.63) is 29.8 Å². The molecule has 2 rings (SSSR count). The van der Waals surface area contributed by atoms with Crippen molar-refractivity contribution in [2.45, 2.75) is 51.9 Å². The van der Waals surface area contributed by atoms with Crippen LogP contribution >= 0.6 is 0 Å². The fourth-order valence-corrected chi connectivity index (χ4v) is 3.06. The second-order valence-corrected chi connectivity index (χ2v) is 5.91. The van der Waals surface area contributed by atoms with Crippen LogP contribution in [-0.4, -0.2) is 12.5 Å². The van der Waals surface area contributed by atoms with Crippen molar-refractivity contribution in [3.63, 3.8) is 0 Å². The number of hydrogen-bond donors (Lipinski definition) is 2. The minimum Gasteiger partial charge on any atom is -0.329 e. The molecule has 0 spiro atoms. The van der Waals surface area contributed by atoms with Gasteiger partial charge >= 0.3 is 0 Å². The smallest absolute Gasteiger partial charge is 0.231 e. The van der Waals surface area contributed by atoms with Gasteiger partial charge in [0.15, 0.2) is 0 Å². The molecule has 1 aliphatic rings. The zero-order valence-electron chi connectivity index (χ0n) is 12.5. The van der Waals surface area contributed by atoms with Crippen molar-refractivity contribution in [1.29, 1.82) is 0 Å². The van der Waals surface area contributed by atoms with Gasteiger partial charge in [0.25, 0.3) is 0 Å². The number of anilines is 1. The van der Waals surface area contributed by atoms with Crippen LogP contribution < -0.4 is 11.1 Å². The summed E-state index contributed by atoms with van der Waals surface area (Å²) in [5.41, 5.74) is 7.73. The van der Waals surface area contributed by atoms with Crippen LogP contribution in [0.25, 0.3) is 0 Å². The molecule has 0 atom stereocenters. The van der Waals surface area contributed by atoms with E-state index in [2.05, 4.69) is 24.4 Å². The molecular weight excluding hydrogens is 248 g/mol. The normalized spacial score (nSPS) is 18.3. The van der Waals surface area contributed by atoms with E-state index in [1.807, 2.05) is 12.1 Å². The summed E-state index contributed by atoms with van der Waals surface area (Å²) < 4.78 is 0. The largest absolute Gasteiger partial charge is 0.329 e. The van der Waals surface area contributed by atoms with Crippen molar-refractivity contribution in [2.24, 2.45) is 11.1 Å². The zero-order chi connectivity index (χ0) is 14.4. The molecule has 0 aliphatic heterocycles.